The maximum absolute atomic E-state index is 11.9. The first-order valence-electron chi connectivity index (χ1n) is 4.61. The second kappa shape index (κ2) is 3.70. The molecule has 0 saturated carbocycles. The molecule has 1 unspecified atom stereocenters. The number of anilines is 1. The Kier molecular flexibility index (Phi) is 2.39. The van der Waals surface area contributed by atoms with Crippen molar-refractivity contribution in [3.05, 3.63) is 29.8 Å². The molecule has 0 radical (unpaired) electrons. The van der Waals surface area contributed by atoms with Crippen LogP contribution in [0.5, 0.6) is 0 Å². The largest absolute Gasteiger partial charge is 0.383 e. The summed E-state index contributed by atoms with van der Waals surface area (Å²) in [5.41, 5.74) is 3.30. The number of nitrogens with one attached hydrogen (secondary N) is 2. The van der Waals surface area contributed by atoms with Crippen molar-refractivity contribution in [1.29, 1.82) is 0 Å². The summed E-state index contributed by atoms with van der Waals surface area (Å²) < 4.78 is 0. The minimum Gasteiger partial charge on any atom is -0.383 e. The summed E-state index contributed by atoms with van der Waals surface area (Å²) >= 11 is 0. The number of ketones is 1. The first-order chi connectivity index (χ1) is 7.24. The summed E-state index contributed by atoms with van der Waals surface area (Å²) in [6, 6.07) is 7.11. The lowest BCUT2D eigenvalue weighted by molar-refractivity contribution is -0.123. The molecule has 0 spiro atoms. The Labute approximate surface area is 86.6 Å². The van der Waals surface area contributed by atoms with Gasteiger partial charge in [0.25, 0.3) is 0 Å². The van der Waals surface area contributed by atoms with Gasteiger partial charge in [0, 0.05) is 17.8 Å². The van der Waals surface area contributed by atoms with Crippen LogP contribution in [0.3, 0.4) is 0 Å². The lowest BCUT2D eigenvalue weighted by atomic mass is 9.92. The van der Waals surface area contributed by atoms with E-state index in [1.807, 2.05) is 17.6 Å². The molecule has 0 bridgehead atoms. The molecular weight excluding hydrogens is 194 g/mol. The average molecular weight is 205 g/mol. The molecular formula is C10H11N3O2. The number of amides is 1. The van der Waals surface area contributed by atoms with E-state index in [0.717, 1.165) is 5.69 Å². The molecule has 0 fully saturated rings. The van der Waals surface area contributed by atoms with Crippen LogP contribution in [-0.4, -0.2) is 18.2 Å². The second-order valence-corrected chi connectivity index (χ2v) is 3.35. The highest BCUT2D eigenvalue weighted by molar-refractivity contribution is 6.14. The normalized spacial score (nSPS) is 19.0. The number of nitrogens with two attached hydrogens (primary N) is 1. The zero-order valence-electron chi connectivity index (χ0n) is 7.99. The van der Waals surface area contributed by atoms with E-state index in [1.54, 1.807) is 12.1 Å². The Balaban J connectivity index is 2.34. The summed E-state index contributed by atoms with van der Waals surface area (Å²) in [5, 5.41) is 3.02. The van der Waals surface area contributed by atoms with E-state index in [2.05, 4.69) is 5.32 Å². The fourth-order valence-corrected chi connectivity index (χ4v) is 1.66. The predicted octanol–water partition coefficient (Wildman–Crippen LogP) is -0.0991. The van der Waals surface area contributed by atoms with Gasteiger partial charge in [-0.05, 0) is 12.1 Å². The summed E-state index contributed by atoms with van der Waals surface area (Å²) in [6.45, 7) is 0.291. The lowest BCUT2D eigenvalue weighted by Gasteiger charge is -2.23. The van der Waals surface area contributed by atoms with Crippen LogP contribution < -0.4 is 16.6 Å². The first-order valence-corrected chi connectivity index (χ1v) is 4.61. The highest BCUT2D eigenvalue weighted by Gasteiger charge is 2.31. The van der Waals surface area contributed by atoms with Crippen molar-refractivity contribution in [2.75, 3.05) is 11.9 Å². The number of rotatable bonds is 1. The van der Waals surface area contributed by atoms with Crippen LogP contribution >= 0.6 is 0 Å². The van der Waals surface area contributed by atoms with Gasteiger partial charge in [0.15, 0.2) is 5.78 Å². The number of carbonyl (C=O) groups is 2. The zero-order chi connectivity index (χ0) is 10.8. The van der Waals surface area contributed by atoms with Crippen molar-refractivity contribution < 1.29 is 9.59 Å². The molecule has 1 aliphatic heterocycles. The molecule has 5 heteroatoms. The minimum atomic E-state index is -0.732. The Morgan fingerprint density at radius 3 is 2.93 bits per heavy atom. The molecule has 1 amide bonds. The van der Waals surface area contributed by atoms with Crippen LogP contribution in [0.15, 0.2) is 24.3 Å². The van der Waals surface area contributed by atoms with Gasteiger partial charge < -0.3 is 5.32 Å². The topological polar surface area (TPSA) is 84.2 Å². The van der Waals surface area contributed by atoms with E-state index < -0.39 is 11.8 Å². The summed E-state index contributed by atoms with van der Waals surface area (Å²) in [4.78, 5) is 23.2. The van der Waals surface area contributed by atoms with Crippen LogP contribution in [0, 0.1) is 5.92 Å². The van der Waals surface area contributed by atoms with Gasteiger partial charge in [0.2, 0.25) is 5.91 Å². The SMILES string of the molecule is NNC(=O)C1CNc2ccccc2C1=O. The Bertz CT molecular complexity index is 417. The molecule has 0 aromatic heterocycles. The number of hydrazine groups is 1. The number of benzene rings is 1. The van der Waals surface area contributed by atoms with Gasteiger partial charge in [-0.3, -0.25) is 15.0 Å². The highest BCUT2D eigenvalue weighted by atomic mass is 16.2. The van der Waals surface area contributed by atoms with Gasteiger partial charge in [-0.2, -0.15) is 0 Å². The molecule has 1 aromatic carbocycles. The van der Waals surface area contributed by atoms with Gasteiger partial charge >= 0.3 is 0 Å². The third kappa shape index (κ3) is 1.57. The molecule has 78 valence electrons. The third-order valence-corrected chi connectivity index (χ3v) is 2.46. The number of carbonyl (C=O) groups excluding carboxylic acids is 2. The van der Waals surface area contributed by atoms with E-state index >= 15 is 0 Å². The van der Waals surface area contributed by atoms with Crippen LogP contribution in [0.1, 0.15) is 10.4 Å². The van der Waals surface area contributed by atoms with Crippen LogP contribution in [-0.2, 0) is 4.79 Å². The highest BCUT2D eigenvalue weighted by Crippen LogP contribution is 2.24. The van der Waals surface area contributed by atoms with E-state index in [4.69, 9.17) is 5.84 Å². The molecule has 1 aliphatic rings. The summed E-state index contributed by atoms with van der Waals surface area (Å²) in [7, 11) is 0. The first kappa shape index (κ1) is 9.67. The summed E-state index contributed by atoms with van der Waals surface area (Å²) in [5.74, 6) is 3.63. The fourth-order valence-electron chi connectivity index (χ4n) is 1.66. The predicted molar refractivity (Wildman–Crippen MR) is 55.1 cm³/mol. The molecule has 0 saturated heterocycles. The third-order valence-electron chi connectivity index (χ3n) is 2.46. The van der Waals surface area contributed by atoms with Gasteiger partial charge in [0.05, 0.1) is 0 Å². The lowest BCUT2D eigenvalue weighted by Crippen LogP contribution is -2.44. The smallest absolute Gasteiger partial charge is 0.246 e. The van der Waals surface area contributed by atoms with Gasteiger partial charge in [-0.15, -0.1) is 0 Å². The Hall–Kier alpha value is -1.88. The van der Waals surface area contributed by atoms with Gasteiger partial charge in [-0.25, -0.2) is 5.84 Å². The van der Waals surface area contributed by atoms with Crippen LogP contribution in [0.2, 0.25) is 0 Å². The minimum absolute atomic E-state index is 0.188. The molecule has 2 rings (SSSR count). The molecule has 5 nitrogen and oxygen atoms in total. The Morgan fingerprint density at radius 1 is 1.47 bits per heavy atom. The molecule has 15 heavy (non-hydrogen) atoms. The van der Waals surface area contributed by atoms with Crippen molar-refractivity contribution in [2.24, 2.45) is 11.8 Å². The van der Waals surface area contributed by atoms with E-state index in [9.17, 15) is 9.59 Å². The average Bonchev–Trinajstić information content (AvgIpc) is 2.29. The molecule has 1 atom stereocenters. The standard InChI is InChI=1S/C10H11N3O2/c11-13-10(15)7-5-12-8-4-2-1-3-6(8)9(7)14/h1-4,7,12H,5,11H2,(H,13,15). The molecule has 0 aliphatic carbocycles. The van der Waals surface area contributed by atoms with Crippen molar-refractivity contribution in [3.8, 4) is 0 Å². The summed E-state index contributed by atoms with van der Waals surface area (Å²) in [6.07, 6.45) is 0. The van der Waals surface area contributed by atoms with Crippen LogP contribution in [0.4, 0.5) is 5.69 Å². The number of hydrogen-bond donors (Lipinski definition) is 3. The maximum Gasteiger partial charge on any atom is 0.246 e. The van der Waals surface area contributed by atoms with Gasteiger partial charge in [0.1, 0.15) is 5.92 Å². The van der Waals surface area contributed by atoms with Crippen molar-refractivity contribution in [3.63, 3.8) is 0 Å². The number of hydrogen-bond acceptors (Lipinski definition) is 4. The van der Waals surface area contributed by atoms with Gasteiger partial charge in [-0.1, -0.05) is 12.1 Å². The van der Waals surface area contributed by atoms with Crippen molar-refractivity contribution in [2.45, 2.75) is 0 Å². The molecule has 1 heterocycles. The van der Waals surface area contributed by atoms with Crippen molar-refractivity contribution >= 4 is 17.4 Å². The van der Waals surface area contributed by atoms with Crippen molar-refractivity contribution in [1.82, 2.24) is 5.43 Å². The Morgan fingerprint density at radius 2 is 2.20 bits per heavy atom. The van der Waals surface area contributed by atoms with Crippen LogP contribution in [0.25, 0.3) is 0 Å². The quantitative estimate of drug-likeness (QED) is 0.259. The van der Waals surface area contributed by atoms with E-state index in [-0.39, 0.29) is 5.78 Å². The van der Waals surface area contributed by atoms with E-state index in [0.29, 0.717) is 12.1 Å². The molecule has 1 aromatic rings. The number of fused-ring (bicyclic) bond motifs is 1. The monoisotopic (exact) mass is 205 g/mol. The zero-order valence-corrected chi connectivity index (χ0v) is 7.99. The number of para-hydroxylation sites is 1. The van der Waals surface area contributed by atoms with E-state index in [1.165, 1.54) is 0 Å². The second-order valence-electron chi connectivity index (χ2n) is 3.35. The number of Topliss-reactive ketones (excluding diaryl/α,β-unsaturated/α-hetero) is 1. The molecule has 4 N–H and O–H groups in total. The fraction of sp³-hybridized carbons (Fsp3) is 0.200. The maximum atomic E-state index is 11.9.